The number of halogens is 2. The van der Waals surface area contributed by atoms with Crippen molar-refractivity contribution in [1.82, 2.24) is 24.8 Å². The van der Waals surface area contributed by atoms with Crippen molar-refractivity contribution < 1.29 is 36.9 Å². The topological polar surface area (TPSA) is 112 Å². The standard InChI is InChI=1S/C57H68F2N6O6Si/c1-9-44-47(58)24-21-37-29-41(69-36-67-8)30-45(48(37)44)50-49(59)51-46(31-60-50)52(63-32-38-22-23-39(33-63)65(38)54(66)71-55(2,3)4)62-53(61-51)68-35-57-26-16-28-64(57)40(25-27-57)34-70-72(56(5,6)7,42-17-12-10-13-18-42)43-19-14-11-15-20-43/h10-15,17-21,24,29-31,38-40H,9,16,22-23,25-28,32-36H2,1-8H3/t38?,39?,40-,57+/m0/s1. The van der Waals surface area contributed by atoms with Crippen molar-refractivity contribution in [2.75, 3.05) is 51.7 Å². The Hall–Kier alpha value is -5.74. The zero-order valence-electron chi connectivity index (χ0n) is 43.0. The Morgan fingerprint density at radius 1 is 0.861 bits per heavy atom. The number of piperazine rings is 1. The maximum Gasteiger partial charge on any atom is 0.410 e. The first-order chi connectivity index (χ1) is 34.5. The number of fused-ring (bicyclic) bond motifs is 5. The Morgan fingerprint density at radius 3 is 2.19 bits per heavy atom. The molecule has 10 rings (SSSR count). The van der Waals surface area contributed by atoms with Crippen LogP contribution >= 0.6 is 0 Å². The minimum absolute atomic E-state index is 0.00108. The molecule has 4 aliphatic heterocycles. The fourth-order valence-electron chi connectivity index (χ4n) is 12.4. The van der Waals surface area contributed by atoms with Crippen LogP contribution in [-0.4, -0.2) is 115 Å². The zero-order valence-corrected chi connectivity index (χ0v) is 44.0. The number of anilines is 1. The van der Waals surface area contributed by atoms with Crippen LogP contribution in [0, 0.1) is 11.6 Å². The van der Waals surface area contributed by atoms with Crippen LogP contribution in [0.5, 0.6) is 11.8 Å². The number of pyridine rings is 1. The van der Waals surface area contributed by atoms with Gasteiger partial charge >= 0.3 is 12.1 Å². The van der Waals surface area contributed by atoms with Gasteiger partial charge in [0.1, 0.15) is 40.8 Å². The summed E-state index contributed by atoms with van der Waals surface area (Å²) in [5, 5.41) is 3.99. The number of hydrogen-bond acceptors (Lipinski definition) is 11. The van der Waals surface area contributed by atoms with E-state index in [2.05, 4.69) is 91.2 Å². The number of nitrogens with zero attached hydrogens (tertiary/aromatic N) is 6. The van der Waals surface area contributed by atoms with E-state index in [0.29, 0.717) is 71.6 Å². The van der Waals surface area contributed by atoms with Crippen LogP contribution in [0.15, 0.2) is 91.1 Å². The summed E-state index contributed by atoms with van der Waals surface area (Å²) in [7, 11) is -1.26. The molecule has 380 valence electrons. The summed E-state index contributed by atoms with van der Waals surface area (Å²) in [6, 6.07) is 28.1. The third kappa shape index (κ3) is 9.08. The number of ether oxygens (including phenoxy) is 4. The molecule has 15 heteroatoms. The number of rotatable bonds is 14. The third-order valence-corrected chi connectivity index (χ3v) is 20.5. The van der Waals surface area contributed by atoms with Gasteiger partial charge in [-0.3, -0.25) is 14.8 Å². The molecule has 4 fully saturated rings. The maximum atomic E-state index is 17.9. The van der Waals surface area contributed by atoms with Crippen LogP contribution in [0.4, 0.5) is 19.4 Å². The number of hydrogen-bond donors (Lipinski definition) is 0. The fourth-order valence-corrected chi connectivity index (χ4v) is 17.0. The molecule has 1 amide bonds. The van der Waals surface area contributed by atoms with E-state index in [1.54, 1.807) is 24.4 Å². The summed E-state index contributed by atoms with van der Waals surface area (Å²) in [6.07, 6.45) is 7.05. The van der Waals surface area contributed by atoms with Crippen LogP contribution in [0.3, 0.4) is 0 Å². The highest BCUT2D eigenvalue weighted by Gasteiger charge is 2.54. The number of carbonyl (C=O) groups excluding carboxylic acids is 1. The predicted octanol–water partition coefficient (Wildman–Crippen LogP) is 10.2. The Kier molecular flexibility index (Phi) is 13.6. The minimum atomic E-state index is -2.78. The number of aryl methyl sites for hydroxylation is 1. The second kappa shape index (κ2) is 19.6. The lowest BCUT2D eigenvalue weighted by atomic mass is 9.94. The van der Waals surface area contributed by atoms with Gasteiger partial charge in [-0.1, -0.05) is 94.4 Å². The predicted molar refractivity (Wildman–Crippen MR) is 280 cm³/mol. The van der Waals surface area contributed by atoms with Crippen LogP contribution in [0.25, 0.3) is 32.9 Å². The highest BCUT2D eigenvalue weighted by atomic mass is 28.4. The van der Waals surface area contributed by atoms with Gasteiger partial charge in [-0.25, -0.2) is 13.6 Å². The van der Waals surface area contributed by atoms with Crippen molar-refractivity contribution in [2.45, 2.75) is 128 Å². The molecule has 6 aromatic rings. The summed E-state index contributed by atoms with van der Waals surface area (Å²) >= 11 is 0. The van der Waals surface area contributed by atoms with Gasteiger partial charge in [-0.2, -0.15) is 9.97 Å². The van der Waals surface area contributed by atoms with Crippen LogP contribution in [0.1, 0.15) is 92.6 Å². The molecular weight excluding hydrogens is 931 g/mol. The summed E-state index contributed by atoms with van der Waals surface area (Å²) in [5.41, 5.74) is -0.0746. The van der Waals surface area contributed by atoms with Gasteiger partial charge in [-0.05, 0) is 122 Å². The first-order valence-corrected chi connectivity index (χ1v) is 27.6. The smallest absolute Gasteiger partial charge is 0.410 e. The summed E-state index contributed by atoms with van der Waals surface area (Å²) in [6.45, 7) is 17.1. The molecule has 2 unspecified atom stereocenters. The molecule has 4 saturated heterocycles. The number of amides is 1. The van der Waals surface area contributed by atoms with Crippen molar-refractivity contribution >= 4 is 52.3 Å². The first kappa shape index (κ1) is 49.8. The maximum absolute atomic E-state index is 17.9. The van der Waals surface area contributed by atoms with Crippen molar-refractivity contribution in [3.05, 3.63) is 108 Å². The summed E-state index contributed by atoms with van der Waals surface area (Å²) in [4.78, 5) is 34.9. The largest absolute Gasteiger partial charge is 0.468 e. The Morgan fingerprint density at radius 2 is 1.56 bits per heavy atom. The van der Waals surface area contributed by atoms with Gasteiger partial charge in [0, 0.05) is 38.0 Å². The fraction of sp³-hybridized carbons (Fsp3) is 0.474. The number of carbonyl (C=O) groups is 1. The van der Waals surface area contributed by atoms with Gasteiger partial charge < -0.3 is 28.3 Å². The molecule has 4 aromatic carbocycles. The van der Waals surface area contributed by atoms with E-state index >= 15 is 8.78 Å². The molecule has 12 nitrogen and oxygen atoms in total. The minimum Gasteiger partial charge on any atom is -0.468 e. The molecule has 0 radical (unpaired) electrons. The average molecular weight is 999 g/mol. The third-order valence-electron chi connectivity index (χ3n) is 15.5. The van der Waals surface area contributed by atoms with E-state index in [1.807, 2.05) is 32.6 Å². The highest BCUT2D eigenvalue weighted by molar-refractivity contribution is 6.99. The van der Waals surface area contributed by atoms with Gasteiger partial charge in [-0.15, -0.1) is 0 Å². The molecule has 0 N–H and O–H groups in total. The van der Waals surface area contributed by atoms with E-state index in [9.17, 15) is 4.79 Å². The van der Waals surface area contributed by atoms with Crippen LogP contribution in [-0.2, 0) is 20.3 Å². The molecule has 6 heterocycles. The van der Waals surface area contributed by atoms with Gasteiger partial charge in [0.15, 0.2) is 12.6 Å². The monoisotopic (exact) mass is 998 g/mol. The second-order valence-corrected chi connectivity index (χ2v) is 26.5. The highest BCUT2D eigenvalue weighted by Crippen LogP contribution is 2.46. The van der Waals surface area contributed by atoms with Crippen molar-refractivity contribution in [1.29, 1.82) is 0 Å². The lowest BCUT2D eigenvalue weighted by molar-refractivity contribution is 0.0122. The van der Waals surface area contributed by atoms with Crippen LogP contribution in [0.2, 0.25) is 5.04 Å². The molecule has 0 aliphatic carbocycles. The molecule has 0 saturated carbocycles. The van der Waals surface area contributed by atoms with Gasteiger partial charge in [0.2, 0.25) is 0 Å². The van der Waals surface area contributed by atoms with Crippen molar-refractivity contribution in [2.24, 2.45) is 0 Å². The lowest BCUT2D eigenvalue weighted by Gasteiger charge is -2.44. The van der Waals surface area contributed by atoms with E-state index in [1.165, 1.54) is 23.5 Å². The lowest BCUT2D eigenvalue weighted by Crippen LogP contribution is -2.67. The Labute approximate surface area is 423 Å². The zero-order chi connectivity index (χ0) is 50.6. The van der Waals surface area contributed by atoms with E-state index < -0.39 is 19.7 Å². The van der Waals surface area contributed by atoms with Crippen molar-refractivity contribution in [3.63, 3.8) is 0 Å². The normalized spacial score (nSPS) is 21.4. The number of methoxy groups -OCH3 is 1. The second-order valence-electron chi connectivity index (χ2n) is 22.2. The molecule has 2 aromatic heterocycles. The SMILES string of the molecule is CCc1c(F)ccc2cc(OCOC)cc(-c3ncc4c(N5CC6CCC(C5)N6C(=O)OC(C)(C)C)nc(OC[C@]56CCCN5[C@H](CO[Si](c5ccccc5)(c5ccccc5)C(C)(C)C)CC6)nc4c3F)c12. The van der Waals surface area contributed by atoms with E-state index in [4.69, 9.17) is 38.3 Å². The van der Waals surface area contributed by atoms with Gasteiger partial charge in [0.25, 0.3) is 8.32 Å². The van der Waals surface area contributed by atoms with Crippen LogP contribution < -0.4 is 24.7 Å². The summed E-state index contributed by atoms with van der Waals surface area (Å²) in [5.74, 6) is -0.163. The molecular formula is C57H68F2N6O6Si. The molecule has 0 spiro atoms. The van der Waals surface area contributed by atoms with E-state index in [-0.39, 0.29) is 64.6 Å². The first-order valence-electron chi connectivity index (χ1n) is 25.7. The average Bonchev–Trinajstić information content (AvgIpc) is 4.02. The molecule has 4 aliphatic rings. The molecule has 72 heavy (non-hydrogen) atoms. The molecule has 4 atom stereocenters. The number of aromatic nitrogens is 3. The Balaban J connectivity index is 1.01. The van der Waals surface area contributed by atoms with Gasteiger partial charge in [0.05, 0.1) is 29.6 Å². The number of benzene rings is 4. The quantitative estimate of drug-likeness (QED) is 0.0768. The summed E-state index contributed by atoms with van der Waals surface area (Å²) < 4.78 is 64.7. The van der Waals surface area contributed by atoms with E-state index in [0.717, 1.165) is 45.1 Å². The van der Waals surface area contributed by atoms with Crippen molar-refractivity contribution in [3.8, 4) is 23.0 Å². The Bertz CT molecular complexity index is 2900. The molecule has 2 bridgehead atoms.